The van der Waals surface area contributed by atoms with Crippen LogP contribution in [0, 0.1) is 12.7 Å². The van der Waals surface area contributed by atoms with E-state index in [0.717, 1.165) is 11.1 Å². The van der Waals surface area contributed by atoms with Crippen molar-refractivity contribution in [2.75, 3.05) is 0 Å². The summed E-state index contributed by atoms with van der Waals surface area (Å²) in [6.45, 7) is 1.82. The molecule has 2 aromatic heterocycles. The Morgan fingerprint density at radius 1 is 0.933 bits per heavy atom. The molecule has 2 heterocycles. The molecule has 0 saturated heterocycles. The van der Waals surface area contributed by atoms with Crippen molar-refractivity contribution in [2.45, 2.75) is 6.92 Å². The van der Waals surface area contributed by atoms with Crippen LogP contribution in [0.2, 0.25) is 0 Å². The molecule has 0 spiro atoms. The zero-order valence-electron chi connectivity index (χ0n) is 16.2. The number of nitrogens with zero attached hydrogens (tertiary/aromatic N) is 2. The molecule has 4 aromatic rings. The third kappa shape index (κ3) is 3.63. The average Bonchev–Trinajstić information content (AvgIpc) is 3.06. The number of hydrazone groups is 1. The number of rotatable bonds is 5. The lowest BCUT2D eigenvalue weighted by Crippen LogP contribution is -2.17. The number of benzene rings is 2. The van der Waals surface area contributed by atoms with E-state index in [9.17, 15) is 14.0 Å². The molecular weight excluding hydrogens is 381 g/mol. The van der Waals surface area contributed by atoms with Gasteiger partial charge in [0.05, 0.1) is 17.4 Å². The minimum Gasteiger partial charge on any atom is -0.313 e. The molecule has 0 bridgehead atoms. The summed E-state index contributed by atoms with van der Waals surface area (Å²) in [5, 5.41) is 4.09. The third-order valence-corrected chi connectivity index (χ3v) is 4.85. The first kappa shape index (κ1) is 19.3. The van der Waals surface area contributed by atoms with Crippen LogP contribution >= 0.6 is 0 Å². The van der Waals surface area contributed by atoms with E-state index in [0.29, 0.717) is 22.4 Å². The van der Waals surface area contributed by atoms with Crippen LogP contribution < -0.4 is 5.43 Å². The smallest absolute Gasteiger partial charge is 0.271 e. The molecular formula is C24H18FN3O2. The number of carbonyl (C=O) groups is 2. The van der Waals surface area contributed by atoms with Gasteiger partial charge in [0.15, 0.2) is 0 Å². The molecule has 4 rings (SSSR count). The van der Waals surface area contributed by atoms with Crippen LogP contribution in [0.4, 0.5) is 4.39 Å². The molecule has 0 aliphatic rings. The van der Waals surface area contributed by atoms with E-state index < -0.39 is 5.82 Å². The number of nitrogens with one attached hydrogen (secondary N) is 1. The van der Waals surface area contributed by atoms with Gasteiger partial charge in [-0.1, -0.05) is 24.3 Å². The summed E-state index contributed by atoms with van der Waals surface area (Å²) in [6.07, 6.45) is 3.33. The Hall–Kier alpha value is -4.06. The van der Waals surface area contributed by atoms with E-state index >= 15 is 0 Å². The highest BCUT2D eigenvalue weighted by Crippen LogP contribution is 2.24. The summed E-state index contributed by atoms with van der Waals surface area (Å²) in [4.78, 5) is 25.3. The molecule has 1 N–H and O–H groups in total. The lowest BCUT2D eigenvalue weighted by atomic mass is 10.0. The van der Waals surface area contributed by atoms with Crippen LogP contribution in [0.25, 0.3) is 5.52 Å². The Bertz CT molecular complexity index is 1260. The molecule has 0 atom stereocenters. The summed E-state index contributed by atoms with van der Waals surface area (Å²) < 4.78 is 15.0. The summed E-state index contributed by atoms with van der Waals surface area (Å²) in [6, 6.07) is 19.8. The van der Waals surface area contributed by atoms with Crippen LogP contribution in [-0.4, -0.2) is 22.3 Å². The zero-order chi connectivity index (χ0) is 21.1. The summed E-state index contributed by atoms with van der Waals surface area (Å²) in [5.41, 5.74) is 6.08. The molecule has 5 nitrogen and oxygen atoms in total. The standard InChI is InChI=1S/C24H18FN3O2/c1-16-20(15-26-27-24(30)18-7-3-2-4-8-18)21-9-5-6-14-28(21)22(16)23(29)17-10-12-19(25)13-11-17/h2-15H,1H3,(H,27,30)/b26-15+. The average molecular weight is 399 g/mol. The van der Waals surface area contributed by atoms with E-state index in [1.54, 1.807) is 34.9 Å². The highest BCUT2D eigenvalue weighted by atomic mass is 19.1. The van der Waals surface area contributed by atoms with Crippen molar-refractivity contribution < 1.29 is 14.0 Å². The Balaban J connectivity index is 1.69. The highest BCUT2D eigenvalue weighted by molar-refractivity contribution is 6.12. The van der Waals surface area contributed by atoms with E-state index in [1.165, 1.54) is 30.5 Å². The maximum atomic E-state index is 13.2. The number of hydrogen-bond acceptors (Lipinski definition) is 3. The second kappa shape index (κ2) is 8.13. The number of aromatic nitrogens is 1. The molecule has 0 unspecified atom stereocenters. The fourth-order valence-corrected chi connectivity index (χ4v) is 3.35. The van der Waals surface area contributed by atoms with Crippen LogP contribution in [0.15, 0.2) is 84.1 Å². The maximum Gasteiger partial charge on any atom is 0.271 e. The van der Waals surface area contributed by atoms with E-state index in [-0.39, 0.29) is 11.7 Å². The molecule has 148 valence electrons. The molecule has 0 radical (unpaired) electrons. The van der Waals surface area contributed by atoms with Crippen LogP contribution in [0.3, 0.4) is 0 Å². The number of carbonyl (C=O) groups excluding carboxylic acids is 2. The Kier molecular flexibility index (Phi) is 5.22. The van der Waals surface area contributed by atoms with Crippen molar-refractivity contribution in [2.24, 2.45) is 5.10 Å². The van der Waals surface area contributed by atoms with Gasteiger partial charge in [0, 0.05) is 22.9 Å². The quantitative estimate of drug-likeness (QED) is 0.308. The van der Waals surface area contributed by atoms with Crippen molar-refractivity contribution in [1.29, 1.82) is 0 Å². The van der Waals surface area contributed by atoms with Crippen molar-refractivity contribution >= 4 is 23.4 Å². The first-order valence-electron chi connectivity index (χ1n) is 9.34. The van der Waals surface area contributed by atoms with E-state index in [1.807, 2.05) is 31.2 Å². The highest BCUT2D eigenvalue weighted by Gasteiger charge is 2.20. The number of fused-ring (bicyclic) bond motifs is 1. The second-order valence-corrected chi connectivity index (χ2v) is 6.74. The van der Waals surface area contributed by atoms with Crippen molar-refractivity contribution in [3.8, 4) is 0 Å². The minimum atomic E-state index is -0.398. The minimum absolute atomic E-state index is 0.221. The van der Waals surface area contributed by atoms with E-state index in [4.69, 9.17) is 0 Å². The Morgan fingerprint density at radius 2 is 1.63 bits per heavy atom. The fourth-order valence-electron chi connectivity index (χ4n) is 3.35. The molecule has 6 heteroatoms. The second-order valence-electron chi connectivity index (χ2n) is 6.74. The van der Waals surface area contributed by atoms with Gasteiger partial charge in [0.1, 0.15) is 5.82 Å². The molecule has 0 aliphatic heterocycles. The van der Waals surface area contributed by atoms with Crippen LogP contribution in [0.1, 0.15) is 37.5 Å². The summed E-state index contributed by atoms with van der Waals surface area (Å²) in [7, 11) is 0. The predicted octanol–water partition coefficient (Wildman–Crippen LogP) is 4.38. The monoisotopic (exact) mass is 399 g/mol. The van der Waals surface area contributed by atoms with Gasteiger partial charge in [0.25, 0.3) is 5.91 Å². The summed E-state index contributed by atoms with van der Waals surface area (Å²) >= 11 is 0. The maximum absolute atomic E-state index is 13.2. The number of hydrogen-bond donors (Lipinski definition) is 1. The van der Waals surface area contributed by atoms with Gasteiger partial charge < -0.3 is 4.40 Å². The number of ketones is 1. The molecule has 0 saturated carbocycles. The lowest BCUT2D eigenvalue weighted by Gasteiger charge is -2.04. The summed E-state index contributed by atoms with van der Waals surface area (Å²) in [5.74, 6) is -0.942. The van der Waals surface area contributed by atoms with E-state index in [2.05, 4.69) is 10.5 Å². The number of halogens is 1. The normalized spacial score (nSPS) is 11.1. The van der Waals surface area contributed by atoms with Crippen molar-refractivity contribution in [1.82, 2.24) is 9.83 Å². The van der Waals surface area contributed by atoms with Crippen molar-refractivity contribution in [3.05, 3.63) is 113 Å². The van der Waals surface area contributed by atoms with Crippen molar-refractivity contribution in [3.63, 3.8) is 0 Å². The van der Waals surface area contributed by atoms with Gasteiger partial charge in [-0.2, -0.15) is 5.10 Å². The Labute approximate surface area is 172 Å². The molecule has 0 fully saturated rings. The van der Waals surface area contributed by atoms with Crippen LogP contribution in [-0.2, 0) is 0 Å². The fraction of sp³-hybridized carbons (Fsp3) is 0.0417. The van der Waals surface area contributed by atoms with Crippen LogP contribution in [0.5, 0.6) is 0 Å². The number of pyridine rings is 1. The predicted molar refractivity (Wildman–Crippen MR) is 113 cm³/mol. The molecule has 30 heavy (non-hydrogen) atoms. The molecule has 2 aromatic carbocycles. The zero-order valence-corrected chi connectivity index (χ0v) is 16.2. The van der Waals surface area contributed by atoms with Gasteiger partial charge in [-0.05, 0) is 61.0 Å². The molecule has 1 amide bonds. The number of amides is 1. The third-order valence-electron chi connectivity index (χ3n) is 4.85. The Morgan fingerprint density at radius 3 is 2.37 bits per heavy atom. The molecule has 0 aliphatic carbocycles. The first-order chi connectivity index (χ1) is 14.6. The largest absolute Gasteiger partial charge is 0.313 e. The topological polar surface area (TPSA) is 62.9 Å². The first-order valence-corrected chi connectivity index (χ1v) is 9.34. The van der Waals surface area contributed by atoms with Gasteiger partial charge in [-0.15, -0.1) is 0 Å². The van der Waals surface area contributed by atoms with Gasteiger partial charge in [-0.3, -0.25) is 9.59 Å². The van der Waals surface area contributed by atoms with Gasteiger partial charge in [0.2, 0.25) is 5.78 Å². The van der Waals surface area contributed by atoms with Gasteiger partial charge >= 0.3 is 0 Å². The van der Waals surface area contributed by atoms with Gasteiger partial charge in [-0.25, -0.2) is 9.82 Å². The SMILES string of the molecule is Cc1c(/C=N/NC(=O)c2ccccc2)c2ccccn2c1C(=O)c1ccc(F)cc1. The lowest BCUT2D eigenvalue weighted by molar-refractivity contribution is 0.0954.